The Kier molecular flexibility index (Phi) is 25.2. The average Bonchev–Trinajstić information content (AvgIpc) is 0.810. The van der Waals surface area contributed by atoms with Crippen molar-refractivity contribution in [2.45, 2.75) is 27.7 Å². The second-order valence-electron chi connectivity index (χ2n) is 30.9. The summed E-state index contributed by atoms with van der Waals surface area (Å²) in [6.45, 7) is 8.41. The second kappa shape index (κ2) is 38.8. The number of hydrogen-bond acceptors (Lipinski definition) is 6. The van der Waals surface area contributed by atoms with E-state index < -0.39 is 0 Å². The molecule has 6 heteroatoms. The summed E-state index contributed by atoms with van der Waals surface area (Å²) < 4.78 is 0. The van der Waals surface area contributed by atoms with Crippen LogP contribution in [-0.2, 0) is 0 Å². The minimum Gasteiger partial charge on any atom is -0.248 e. The highest BCUT2D eigenvalue weighted by Gasteiger charge is 2.17. The van der Waals surface area contributed by atoms with Crippen LogP contribution in [0.1, 0.15) is 22.3 Å². The third-order valence-electron chi connectivity index (χ3n) is 21.9. The average molecular weight is 1590 g/mol. The lowest BCUT2D eigenvalue weighted by Crippen LogP contribution is -1.96. The number of rotatable bonds is 16. The highest BCUT2D eigenvalue weighted by molar-refractivity contribution is 5.82. The Morgan fingerprint density at radius 1 is 0.105 bits per heavy atom. The highest BCUT2D eigenvalue weighted by atomic mass is 14.9. The molecule has 0 amide bonds. The Morgan fingerprint density at radius 3 is 0.452 bits per heavy atom. The van der Waals surface area contributed by atoms with E-state index in [2.05, 4.69) is 428 Å². The van der Waals surface area contributed by atoms with E-state index in [1.807, 2.05) is 72.8 Å². The van der Waals surface area contributed by atoms with Crippen LogP contribution in [0.3, 0.4) is 0 Å². The van der Waals surface area contributed by atoms with E-state index in [0.717, 1.165) is 113 Å². The summed E-state index contributed by atoms with van der Waals surface area (Å²) in [6, 6.07) is 165. The van der Waals surface area contributed by atoms with Gasteiger partial charge in [-0.25, -0.2) is 29.9 Å². The molecular weight excluding hydrogens is 1500 g/mol. The SMILES string of the molecule is Cc1ccc(-c2cc(-c3ccc(-c4ccccc4)cc3)cc(-c3ccccc3)n2)cc1.Cc1ccc(-c2cc(-c3ccc(-c4ccccc4)cc3)nc(-c3ccccc3)n2)cc1.Cc1ccc(-c2cc(-c3ccccc3)nc(-c3ccc(-c4ccccc4)cc3)c2)cc1.Cc1ccc(-c2nc(-c3ccccc3)cc(-c3ccc(-c4ccccc4)cc3)n2)cc1. The molecule has 0 N–H and O–H groups in total. The highest BCUT2D eigenvalue weighted by Crippen LogP contribution is 2.37. The van der Waals surface area contributed by atoms with Gasteiger partial charge in [-0.2, -0.15) is 0 Å². The topological polar surface area (TPSA) is 77.3 Å². The molecule has 16 aromatic carbocycles. The summed E-state index contributed by atoms with van der Waals surface area (Å²) in [5, 5.41) is 0. The Labute approximate surface area is 727 Å². The summed E-state index contributed by atoms with van der Waals surface area (Å²) in [5.41, 5.74) is 37.9. The maximum Gasteiger partial charge on any atom is 0.160 e. The van der Waals surface area contributed by atoms with E-state index in [1.165, 1.54) is 89.0 Å². The summed E-state index contributed by atoms with van der Waals surface area (Å²) in [4.78, 5) is 29.6. The van der Waals surface area contributed by atoms with Gasteiger partial charge in [-0.1, -0.05) is 459 Å². The number of benzene rings is 16. The van der Waals surface area contributed by atoms with E-state index in [0.29, 0.717) is 0 Å². The smallest absolute Gasteiger partial charge is 0.160 e. The minimum atomic E-state index is 0.737. The first-order valence-electron chi connectivity index (χ1n) is 42.0. The van der Waals surface area contributed by atoms with Crippen LogP contribution in [-0.4, -0.2) is 29.9 Å². The molecule has 0 radical (unpaired) electrons. The number of pyridine rings is 2. The van der Waals surface area contributed by atoms with Gasteiger partial charge in [0, 0.05) is 55.6 Å². The fourth-order valence-corrected chi connectivity index (χ4v) is 14.9. The van der Waals surface area contributed by atoms with E-state index in [1.54, 1.807) is 0 Å². The summed E-state index contributed by atoms with van der Waals surface area (Å²) in [5.74, 6) is 1.48. The molecule has 20 aromatic rings. The predicted molar refractivity (Wildman–Crippen MR) is 518 cm³/mol. The van der Waals surface area contributed by atoms with Crippen LogP contribution >= 0.6 is 0 Å². The molecule has 0 saturated carbocycles. The first kappa shape index (κ1) is 80.4. The van der Waals surface area contributed by atoms with E-state index in [-0.39, 0.29) is 0 Å². The van der Waals surface area contributed by atoms with Crippen LogP contribution in [0.4, 0.5) is 0 Å². The molecular formula is C118H90N6. The summed E-state index contributed by atoms with van der Waals surface area (Å²) in [7, 11) is 0. The minimum absolute atomic E-state index is 0.737. The zero-order valence-corrected chi connectivity index (χ0v) is 69.7. The molecule has 0 spiro atoms. The molecule has 0 aliphatic heterocycles. The van der Waals surface area contributed by atoms with Gasteiger partial charge in [0.25, 0.3) is 0 Å². The van der Waals surface area contributed by atoms with E-state index >= 15 is 0 Å². The van der Waals surface area contributed by atoms with Crippen LogP contribution < -0.4 is 0 Å². The second-order valence-corrected chi connectivity index (χ2v) is 30.9. The monoisotopic (exact) mass is 1590 g/mol. The van der Waals surface area contributed by atoms with Crippen molar-refractivity contribution in [3.63, 3.8) is 0 Å². The van der Waals surface area contributed by atoms with Crippen molar-refractivity contribution in [2.24, 2.45) is 0 Å². The van der Waals surface area contributed by atoms with Crippen LogP contribution in [0, 0.1) is 27.7 Å². The number of aromatic nitrogens is 6. The third kappa shape index (κ3) is 20.3. The van der Waals surface area contributed by atoms with Crippen molar-refractivity contribution in [3.8, 4) is 180 Å². The molecule has 0 atom stereocenters. The van der Waals surface area contributed by atoms with Gasteiger partial charge in [-0.05, 0) is 131 Å². The van der Waals surface area contributed by atoms with Crippen LogP contribution in [0.25, 0.3) is 180 Å². The maximum atomic E-state index is 5.02. The Bertz CT molecular complexity index is 6000. The summed E-state index contributed by atoms with van der Waals surface area (Å²) >= 11 is 0. The van der Waals surface area contributed by atoms with E-state index in [9.17, 15) is 0 Å². The standard InChI is InChI=1S/2C30H23N.2C29H22N2/c1-22-12-14-27(15-13-22)30-21-28(20-29(31-30)26-10-6-3-7-11-26)25-18-16-24(17-19-25)23-8-4-2-5-9-23;1-22-12-14-25(15-13-22)28-20-29(26-10-6-3-7-11-26)31-30(21-28)27-18-16-24(17-19-27)23-8-4-2-5-9-23;1-21-12-14-24(15-13-21)27-20-28(31-29(30-27)26-10-6-3-7-11-26)25-18-16-23(17-19-25)22-8-4-2-5-9-22;1-21-12-14-26(15-13-21)29-30-27(24-10-6-3-7-11-24)20-28(31-29)25-18-16-23(17-19-25)22-8-4-2-5-9-22/h2*2-21H,1H3;2*2-20H,1H3. The fourth-order valence-electron chi connectivity index (χ4n) is 14.9. The van der Waals surface area contributed by atoms with Crippen LogP contribution in [0.5, 0.6) is 0 Å². The van der Waals surface area contributed by atoms with Crippen molar-refractivity contribution in [1.82, 2.24) is 29.9 Å². The summed E-state index contributed by atoms with van der Waals surface area (Å²) in [6.07, 6.45) is 0. The molecule has 20 rings (SSSR count). The van der Waals surface area contributed by atoms with Gasteiger partial charge >= 0.3 is 0 Å². The van der Waals surface area contributed by atoms with Gasteiger partial charge in [0.05, 0.1) is 45.6 Å². The number of hydrogen-bond donors (Lipinski definition) is 0. The molecule has 4 aromatic heterocycles. The van der Waals surface area contributed by atoms with Gasteiger partial charge in [-0.15, -0.1) is 0 Å². The van der Waals surface area contributed by atoms with Crippen LogP contribution in [0.15, 0.2) is 473 Å². The van der Waals surface area contributed by atoms with Crippen molar-refractivity contribution >= 4 is 0 Å². The quantitative estimate of drug-likeness (QED) is 0.0959. The number of aryl methyl sites for hydroxylation is 4. The normalized spacial score (nSPS) is 10.7. The molecule has 124 heavy (non-hydrogen) atoms. The Morgan fingerprint density at radius 2 is 0.234 bits per heavy atom. The largest absolute Gasteiger partial charge is 0.248 e. The third-order valence-corrected chi connectivity index (χ3v) is 21.9. The van der Waals surface area contributed by atoms with Gasteiger partial charge in [0.1, 0.15) is 0 Å². The number of nitrogens with zero attached hydrogens (tertiary/aromatic N) is 6. The zero-order chi connectivity index (χ0) is 84.2. The first-order valence-corrected chi connectivity index (χ1v) is 42.0. The molecule has 0 bridgehead atoms. The molecule has 0 fully saturated rings. The van der Waals surface area contributed by atoms with Crippen LogP contribution in [0.2, 0.25) is 0 Å². The lowest BCUT2D eigenvalue weighted by molar-refractivity contribution is 1.18. The molecule has 0 aliphatic carbocycles. The molecule has 4 heterocycles. The Hall–Kier alpha value is -16.0. The Balaban J connectivity index is 0.000000117. The molecule has 0 saturated heterocycles. The lowest BCUT2D eigenvalue weighted by Gasteiger charge is -2.11. The van der Waals surface area contributed by atoms with E-state index in [4.69, 9.17) is 29.9 Å². The zero-order valence-electron chi connectivity index (χ0n) is 69.7. The van der Waals surface area contributed by atoms with Gasteiger partial charge in [-0.3, -0.25) is 0 Å². The van der Waals surface area contributed by atoms with Crippen molar-refractivity contribution in [2.75, 3.05) is 0 Å². The maximum absolute atomic E-state index is 5.02. The predicted octanol–water partition coefficient (Wildman–Crippen LogP) is 31.0. The molecule has 592 valence electrons. The molecule has 0 unspecified atom stereocenters. The molecule has 0 aliphatic rings. The van der Waals surface area contributed by atoms with Crippen molar-refractivity contribution in [1.29, 1.82) is 0 Å². The van der Waals surface area contributed by atoms with Crippen molar-refractivity contribution < 1.29 is 0 Å². The lowest BCUT2D eigenvalue weighted by atomic mass is 9.97. The van der Waals surface area contributed by atoms with Gasteiger partial charge < -0.3 is 0 Å². The molecule has 6 nitrogen and oxygen atoms in total. The fraction of sp³-hybridized carbons (Fsp3) is 0.0339. The first-order chi connectivity index (χ1) is 61.0. The van der Waals surface area contributed by atoms with Gasteiger partial charge in [0.15, 0.2) is 11.6 Å². The van der Waals surface area contributed by atoms with Crippen molar-refractivity contribution in [3.05, 3.63) is 495 Å². The van der Waals surface area contributed by atoms with Gasteiger partial charge in [0.2, 0.25) is 0 Å².